The molecule has 6 aliphatic heterocycles. The van der Waals surface area contributed by atoms with E-state index < -0.39 is 259 Å². The van der Waals surface area contributed by atoms with E-state index in [1.165, 1.54) is 6.92 Å². The van der Waals surface area contributed by atoms with E-state index in [-0.39, 0.29) is 55.3 Å². The molecule has 558 valence electrons. The molecule has 6 saturated heterocycles. The number of allylic oxidation sites excluding steroid dienone is 1. The van der Waals surface area contributed by atoms with Crippen molar-refractivity contribution >= 4 is 11.8 Å². The van der Waals surface area contributed by atoms with Gasteiger partial charge in [0.2, 0.25) is 0 Å². The molecule has 9 fully saturated rings. The lowest BCUT2D eigenvalue weighted by Crippen LogP contribution is -2.69. The molecule has 0 spiro atoms. The molecule has 10 rings (SSSR count). The van der Waals surface area contributed by atoms with Gasteiger partial charge in [0, 0.05) is 6.42 Å². The van der Waals surface area contributed by atoms with Crippen LogP contribution in [0.3, 0.4) is 0 Å². The Kier molecular flexibility index (Phi) is 25.4. The van der Waals surface area contributed by atoms with E-state index in [4.69, 9.17) is 61.6 Å². The van der Waals surface area contributed by atoms with Gasteiger partial charge in [-0.15, -0.1) is 0 Å². The van der Waals surface area contributed by atoms with Gasteiger partial charge in [-0.25, -0.2) is 0 Å². The average molecular weight is 1410 g/mol. The van der Waals surface area contributed by atoms with Crippen molar-refractivity contribution in [3.8, 4) is 0 Å². The molecule has 39 unspecified atom stereocenters. The molecule has 0 amide bonds. The van der Waals surface area contributed by atoms with Gasteiger partial charge in [0.25, 0.3) is 0 Å². The third-order valence-electron chi connectivity index (χ3n) is 22.3. The van der Waals surface area contributed by atoms with Crippen molar-refractivity contribution in [2.75, 3.05) is 46.2 Å². The smallest absolute Gasteiger partial charge is 0.306 e. The third kappa shape index (κ3) is 15.3. The highest BCUT2D eigenvalue weighted by Gasteiger charge is 2.65. The van der Waals surface area contributed by atoms with Crippen molar-refractivity contribution in [3.63, 3.8) is 0 Å². The molecular formula is C62H100O35. The van der Waals surface area contributed by atoms with Crippen molar-refractivity contribution in [2.45, 2.75) is 276 Å². The number of hydrogen-bond acceptors (Lipinski definition) is 35. The molecule has 6 heterocycles. The molecule has 35 nitrogen and oxygen atoms in total. The number of esters is 1. The average Bonchev–Trinajstić information content (AvgIpc) is 1.65. The van der Waals surface area contributed by atoms with E-state index in [0.717, 1.165) is 5.57 Å². The zero-order valence-electron chi connectivity index (χ0n) is 54.1. The first-order chi connectivity index (χ1) is 45.9. The summed E-state index contributed by atoms with van der Waals surface area (Å²) in [5.41, 5.74) is -0.195. The van der Waals surface area contributed by atoms with Crippen molar-refractivity contribution in [1.29, 1.82) is 0 Å². The second-order valence-electron chi connectivity index (χ2n) is 28.5. The van der Waals surface area contributed by atoms with Gasteiger partial charge in [0.05, 0.1) is 64.4 Å². The molecule has 0 aromatic carbocycles. The Morgan fingerprint density at radius 2 is 1.03 bits per heavy atom. The maximum Gasteiger partial charge on any atom is 0.306 e. The summed E-state index contributed by atoms with van der Waals surface area (Å²) in [6, 6.07) is 0. The van der Waals surface area contributed by atoms with Crippen LogP contribution in [-0.4, -0.2) is 357 Å². The normalized spacial score (nSPS) is 51.3. The van der Waals surface area contributed by atoms with Gasteiger partial charge >= 0.3 is 5.97 Å². The molecule has 0 aromatic heterocycles. The number of rotatable bonds is 23. The van der Waals surface area contributed by atoms with Crippen LogP contribution in [0.4, 0.5) is 0 Å². The van der Waals surface area contributed by atoms with Gasteiger partial charge in [0.1, 0.15) is 152 Å². The molecule has 20 N–H and O–H groups in total. The summed E-state index contributed by atoms with van der Waals surface area (Å²) in [6.07, 6.45) is -51.7. The maximum absolute atomic E-state index is 13.6. The number of ketones is 1. The summed E-state index contributed by atoms with van der Waals surface area (Å²) in [5, 5.41) is 216. The van der Waals surface area contributed by atoms with E-state index in [1.54, 1.807) is 6.92 Å². The van der Waals surface area contributed by atoms with Crippen molar-refractivity contribution < 1.29 is 173 Å². The Morgan fingerprint density at radius 1 is 0.526 bits per heavy atom. The molecule has 39 atom stereocenters. The van der Waals surface area contributed by atoms with Crippen LogP contribution in [-0.2, 0) is 71.2 Å². The highest BCUT2D eigenvalue weighted by atomic mass is 16.8. The molecule has 0 radical (unpaired) electrons. The van der Waals surface area contributed by atoms with E-state index in [0.29, 0.717) is 32.1 Å². The predicted octanol–water partition coefficient (Wildman–Crippen LogP) is -9.00. The Balaban J connectivity index is 0.812. The fourth-order valence-electron chi connectivity index (χ4n) is 16.8. The fourth-order valence-corrected chi connectivity index (χ4v) is 16.8. The number of Topliss-reactive ketones (excluding diaryl/α,β-unsaturated/α-hetero) is 1. The first-order valence-corrected chi connectivity index (χ1v) is 33.4. The zero-order valence-corrected chi connectivity index (χ0v) is 54.1. The van der Waals surface area contributed by atoms with E-state index in [2.05, 4.69) is 19.9 Å². The van der Waals surface area contributed by atoms with Gasteiger partial charge in [-0.3, -0.25) is 9.59 Å². The SMILES string of the molecule is CC(=O)C1C(OC(=O)CCC(C)COC2OC(CO)C(O)C(O)C2O)CC2C3CC=C4CC(OC5OC(CO)C(OC6OC(CO)C(O)C(OC7OCC(O)C(O)C7O)C6OC6OC(CO)C(O)C(OC7OC(CO)C(O)C(O)C7O)C6O)C(O)C5O)C(O)CC4(C)C3CCC21C. The number of carbonyl (C=O) groups excluding carboxylic acids is 2. The lowest BCUT2D eigenvalue weighted by Gasteiger charge is -2.58. The standard InChI is InChI=1S/C62H100O35/c1-21(19-85-55-47(81)43(77)39(73)31(14-63)89-55)5-8-36(71)87-30-12-26-24-7-6-23-11-29(27(69)13-62(23,4)25(24)9-10-61(26,3)37(30)22(2)68)88-57-49(83)45(79)51(35(18-67)93-57)94-60-54(53(42(76)34(17-66)92-60)96-56-46(80)38(72)28(70)20-86-56)97-59-50(84)52(41(75)33(16-65)91-59)95-58-48(82)44(78)40(74)32(15-64)90-58/h6,21,24-35,37-60,63-67,69-70,72-84H,5,7-20H2,1-4H3. The van der Waals surface area contributed by atoms with Crippen LogP contribution >= 0.6 is 0 Å². The minimum atomic E-state index is -2.25. The summed E-state index contributed by atoms with van der Waals surface area (Å²) >= 11 is 0. The van der Waals surface area contributed by atoms with Crippen LogP contribution in [0.1, 0.15) is 79.1 Å². The van der Waals surface area contributed by atoms with Gasteiger partial charge in [-0.2, -0.15) is 0 Å². The Labute approximate surface area is 557 Å². The van der Waals surface area contributed by atoms with Gasteiger partial charge in [-0.1, -0.05) is 32.4 Å². The fraction of sp³-hybridized carbons (Fsp3) is 0.935. The minimum absolute atomic E-state index is 0.00271. The Hall–Kier alpha value is -2.40. The van der Waals surface area contributed by atoms with Gasteiger partial charge < -0.3 is 164 Å². The molecular weight excluding hydrogens is 1300 g/mol. The van der Waals surface area contributed by atoms with Gasteiger partial charge in [0.15, 0.2) is 37.7 Å². The Bertz CT molecular complexity index is 2610. The number of fused-ring (bicyclic) bond motifs is 5. The molecule has 97 heavy (non-hydrogen) atoms. The molecule has 0 bridgehead atoms. The van der Waals surface area contributed by atoms with Crippen LogP contribution in [0.5, 0.6) is 0 Å². The molecule has 10 aliphatic rings. The van der Waals surface area contributed by atoms with Crippen LogP contribution < -0.4 is 0 Å². The number of carbonyl (C=O) groups is 2. The number of hydrogen-bond donors (Lipinski definition) is 20. The maximum atomic E-state index is 13.6. The summed E-state index contributed by atoms with van der Waals surface area (Å²) in [5.74, 6) is -1.54. The lowest BCUT2D eigenvalue weighted by atomic mass is 9.47. The van der Waals surface area contributed by atoms with Crippen LogP contribution in [0.25, 0.3) is 0 Å². The predicted molar refractivity (Wildman–Crippen MR) is 314 cm³/mol. The largest absolute Gasteiger partial charge is 0.462 e. The van der Waals surface area contributed by atoms with E-state index >= 15 is 0 Å². The molecule has 3 saturated carbocycles. The van der Waals surface area contributed by atoms with Crippen molar-refractivity contribution in [2.24, 2.45) is 40.4 Å². The van der Waals surface area contributed by atoms with E-state index in [1.807, 2.05) is 0 Å². The summed E-state index contributed by atoms with van der Waals surface area (Å²) in [7, 11) is 0. The summed E-state index contributed by atoms with van der Waals surface area (Å²) < 4.78 is 76.6. The lowest BCUT2D eigenvalue weighted by molar-refractivity contribution is -0.409. The van der Waals surface area contributed by atoms with E-state index in [9.17, 15) is 112 Å². The third-order valence-corrected chi connectivity index (χ3v) is 22.3. The van der Waals surface area contributed by atoms with Crippen LogP contribution in [0.2, 0.25) is 0 Å². The molecule has 0 aromatic rings. The minimum Gasteiger partial charge on any atom is -0.462 e. The van der Waals surface area contributed by atoms with Crippen LogP contribution in [0, 0.1) is 40.4 Å². The summed E-state index contributed by atoms with van der Waals surface area (Å²) in [4.78, 5) is 27.2. The first kappa shape index (κ1) is 77.2. The van der Waals surface area contributed by atoms with Crippen LogP contribution in [0.15, 0.2) is 11.6 Å². The second kappa shape index (κ2) is 31.9. The first-order valence-electron chi connectivity index (χ1n) is 33.4. The topological polar surface area (TPSA) is 559 Å². The molecule has 4 aliphatic carbocycles. The van der Waals surface area contributed by atoms with Gasteiger partial charge in [-0.05, 0) is 86.4 Å². The number of aliphatic hydroxyl groups is 20. The Morgan fingerprint density at radius 3 is 1.65 bits per heavy atom. The second-order valence-corrected chi connectivity index (χ2v) is 28.5. The highest BCUT2D eigenvalue weighted by molar-refractivity contribution is 5.81. The highest BCUT2D eigenvalue weighted by Crippen LogP contribution is 2.67. The monoisotopic (exact) mass is 1400 g/mol. The summed E-state index contributed by atoms with van der Waals surface area (Å²) in [6.45, 7) is 2.27. The number of aliphatic hydroxyl groups excluding tert-OH is 20. The quantitative estimate of drug-likeness (QED) is 0.0334. The van der Waals surface area contributed by atoms with Crippen molar-refractivity contribution in [1.82, 2.24) is 0 Å². The molecule has 35 heteroatoms. The number of ether oxygens (including phenoxy) is 13. The zero-order chi connectivity index (χ0) is 70.6. The van der Waals surface area contributed by atoms with Crippen molar-refractivity contribution in [3.05, 3.63) is 11.6 Å².